The molecule has 19 heavy (non-hydrogen) atoms. The third-order valence-corrected chi connectivity index (χ3v) is 3.76. The fraction of sp³-hybridized carbons (Fsp3) is 0.286. The normalized spacial score (nSPS) is 10.5. The fourth-order valence-corrected chi connectivity index (χ4v) is 2.51. The lowest BCUT2D eigenvalue weighted by Crippen LogP contribution is -2.07. The average molecular weight is 279 g/mol. The van der Waals surface area contributed by atoms with Gasteiger partial charge in [0.25, 0.3) is 0 Å². The highest BCUT2D eigenvalue weighted by molar-refractivity contribution is 7.09. The molecule has 0 aliphatic rings. The lowest BCUT2D eigenvalue weighted by Gasteiger charge is -2.10. The second kappa shape index (κ2) is 5.93. The number of Topliss-reactive ketones (excluding diaryl/α,β-unsaturated/α-hetero) is 1. The van der Waals surface area contributed by atoms with Gasteiger partial charge >= 0.3 is 0 Å². The second-order valence-electron chi connectivity index (χ2n) is 4.13. The predicted octanol–water partition coefficient (Wildman–Crippen LogP) is 3.41. The maximum Gasteiger partial charge on any atom is 0.165 e. The van der Waals surface area contributed by atoms with Gasteiger partial charge in [0.15, 0.2) is 17.3 Å². The van der Waals surface area contributed by atoms with E-state index in [9.17, 15) is 9.18 Å². The number of carbonyl (C=O) groups is 1. The maximum absolute atomic E-state index is 13.7. The summed E-state index contributed by atoms with van der Waals surface area (Å²) in [5.41, 5.74) is 3.02. The molecule has 1 heterocycles. The molecule has 0 aliphatic heterocycles. The van der Waals surface area contributed by atoms with E-state index >= 15 is 0 Å². The zero-order valence-corrected chi connectivity index (χ0v) is 11.6. The van der Waals surface area contributed by atoms with Crippen molar-refractivity contribution in [3.63, 3.8) is 0 Å². The van der Waals surface area contributed by atoms with Crippen LogP contribution < -0.4 is 4.74 Å². The molecule has 0 atom stereocenters. The first kappa shape index (κ1) is 13.7. The molecule has 3 nitrogen and oxygen atoms in total. The molecule has 100 valence electrons. The summed E-state index contributed by atoms with van der Waals surface area (Å²) >= 11 is 1.55. The van der Waals surface area contributed by atoms with E-state index in [2.05, 4.69) is 4.98 Å². The molecule has 0 N–H and O–H groups in total. The van der Waals surface area contributed by atoms with Gasteiger partial charge in [0.05, 0.1) is 23.4 Å². The Kier molecular flexibility index (Phi) is 4.27. The number of ketones is 1. The fourth-order valence-electron chi connectivity index (χ4n) is 1.74. The van der Waals surface area contributed by atoms with Crippen LogP contribution in [0.4, 0.5) is 4.39 Å². The molecule has 0 spiro atoms. The van der Waals surface area contributed by atoms with Gasteiger partial charge in [-0.15, -0.1) is 11.3 Å². The number of para-hydroxylation sites is 1. The van der Waals surface area contributed by atoms with Gasteiger partial charge in [0, 0.05) is 11.3 Å². The molecule has 0 aliphatic carbocycles. The molecule has 0 unspecified atom stereocenters. The van der Waals surface area contributed by atoms with Crippen molar-refractivity contribution in [1.82, 2.24) is 4.98 Å². The first-order chi connectivity index (χ1) is 9.09. The minimum Gasteiger partial charge on any atom is -0.489 e. The Morgan fingerprint density at radius 2 is 2.26 bits per heavy atom. The molecule has 5 heteroatoms. The van der Waals surface area contributed by atoms with Crippen molar-refractivity contribution in [2.45, 2.75) is 20.3 Å². The highest BCUT2D eigenvalue weighted by atomic mass is 32.1. The Bertz CT molecular complexity index is 595. The molecular formula is C14H14FNO2S. The third kappa shape index (κ3) is 3.17. The highest BCUT2D eigenvalue weighted by Gasteiger charge is 2.13. The first-order valence-electron chi connectivity index (χ1n) is 5.91. The number of nitrogens with zero attached hydrogens (tertiary/aromatic N) is 1. The quantitative estimate of drug-likeness (QED) is 0.787. The molecule has 0 amide bonds. The Morgan fingerprint density at radius 3 is 2.89 bits per heavy atom. The number of halogens is 1. The number of aryl methyl sites for hydroxylation is 1. The van der Waals surface area contributed by atoms with Gasteiger partial charge in [-0.05, 0) is 26.0 Å². The number of hydrogen-bond donors (Lipinski definition) is 0. The van der Waals surface area contributed by atoms with Crippen molar-refractivity contribution in [3.05, 3.63) is 45.7 Å². The van der Waals surface area contributed by atoms with E-state index < -0.39 is 5.82 Å². The molecular weight excluding hydrogens is 265 g/mol. The van der Waals surface area contributed by atoms with Crippen LogP contribution in [0.2, 0.25) is 0 Å². The summed E-state index contributed by atoms with van der Waals surface area (Å²) in [7, 11) is 0. The zero-order chi connectivity index (χ0) is 13.8. The topological polar surface area (TPSA) is 39.2 Å². The summed E-state index contributed by atoms with van der Waals surface area (Å²) in [6, 6.07) is 4.37. The van der Waals surface area contributed by atoms with Gasteiger partial charge in [0.2, 0.25) is 0 Å². The number of benzene rings is 1. The second-order valence-corrected chi connectivity index (χ2v) is 5.07. The highest BCUT2D eigenvalue weighted by Crippen LogP contribution is 2.23. The number of hydrogen-bond acceptors (Lipinski definition) is 4. The van der Waals surface area contributed by atoms with Crippen LogP contribution in [0.3, 0.4) is 0 Å². The van der Waals surface area contributed by atoms with Gasteiger partial charge in [-0.25, -0.2) is 9.37 Å². The molecule has 0 saturated heterocycles. The maximum atomic E-state index is 13.7. The van der Waals surface area contributed by atoms with E-state index in [0.717, 1.165) is 10.6 Å². The van der Waals surface area contributed by atoms with Crippen molar-refractivity contribution < 1.29 is 13.9 Å². The van der Waals surface area contributed by atoms with E-state index in [1.165, 1.54) is 19.1 Å². The Morgan fingerprint density at radius 1 is 1.47 bits per heavy atom. The van der Waals surface area contributed by atoms with E-state index in [1.807, 2.05) is 6.92 Å². The van der Waals surface area contributed by atoms with E-state index in [-0.39, 0.29) is 17.1 Å². The molecule has 0 fully saturated rings. The van der Waals surface area contributed by atoms with E-state index in [1.54, 1.807) is 22.9 Å². The monoisotopic (exact) mass is 279 g/mol. The summed E-state index contributed by atoms with van der Waals surface area (Å²) in [5.74, 6) is -0.672. The molecule has 0 saturated carbocycles. The minimum atomic E-state index is -0.506. The predicted molar refractivity (Wildman–Crippen MR) is 72.5 cm³/mol. The van der Waals surface area contributed by atoms with Crippen molar-refractivity contribution in [2.24, 2.45) is 0 Å². The SMILES string of the molecule is CC(=O)c1cccc(F)c1OCCc1scnc1C. The van der Waals surface area contributed by atoms with Crippen LogP contribution in [-0.4, -0.2) is 17.4 Å². The van der Waals surface area contributed by atoms with Crippen LogP contribution in [-0.2, 0) is 6.42 Å². The largest absolute Gasteiger partial charge is 0.489 e. The smallest absolute Gasteiger partial charge is 0.165 e. The summed E-state index contributed by atoms with van der Waals surface area (Å²) in [6.45, 7) is 3.65. The number of carbonyl (C=O) groups excluding carboxylic acids is 1. The van der Waals surface area contributed by atoms with Crippen LogP contribution in [0.1, 0.15) is 27.9 Å². The average Bonchev–Trinajstić information content (AvgIpc) is 2.77. The summed E-state index contributed by atoms with van der Waals surface area (Å²) in [4.78, 5) is 16.7. The minimum absolute atomic E-state index is 0.0390. The molecule has 0 radical (unpaired) electrons. The number of ether oxygens (including phenoxy) is 1. The van der Waals surface area contributed by atoms with Gasteiger partial charge in [-0.3, -0.25) is 4.79 Å². The zero-order valence-electron chi connectivity index (χ0n) is 10.8. The van der Waals surface area contributed by atoms with Crippen LogP contribution >= 0.6 is 11.3 Å². The van der Waals surface area contributed by atoms with Gasteiger partial charge in [0.1, 0.15) is 0 Å². The summed E-state index contributed by atoms with van der Waals surface area (Å²) in [5, 5.41) is 0. The molecule has 1 aromatic carbocycles. The number of thiazole rings is 1. The van der Waals surface area contributed by atoms with Crippen molar-refractivity contribution in [3.8, 4) is 5.75 Å². The van der Waals surface area contributed by atoms with Crippen molar-refractivity contribution >= 4 is 17.1 Å². The molecule has 1 aromatic heterocycles. The van der Waals surface area contributed by atoms with Gasteiger partial charge in [-0.1, -0.05) is 6.07 Å². The van der Waals surface area contributed by atoms with Gasteiger partial charge in [-0.2, -0.15) is 0 Å². The lowest BCUT2D eigenvalue weighted by molar-refractivity contribution is 0.101. The Labute approximate surface area is 115 Å². The first-order valence-corrected chi connectivity index (χ1v) is 6.78. The van der Waals surface area contributed by atoms with Gasteiger partial charge < -0.3 is 4.74 Å². The van der Waals surface area contributed by atoms with E-state index in [0.29, 0.717) is 13.0 Å². The van der Waals surface area contributed by atoms with Crippen molar-refractivity contribution in [2.75, 3.05) is 6.61 Å². The van der Waals surface area contributed by atoms with E-state index in [4.69, 9.17) is 4.74 Å². The molecule has 2 aromatic rings. The molecule has 0 bridgehead atoms. The number of rotatable bonds is 5. The standard InChI is InChI=1S/C14H14FNO2S/c1-9-13(19-8-16-9)6-7-18-14-11(10(2)17)4-3-5-12(14)15/h3-5,8H,6-7H2,1-2H3. The van der Waals surface area contributed by atoms with Crippen LogP contribution in [0.15, 0.2) is 23.7 Å². The molecule has 2 rings (SSSR count). The Hall–Kier alpha value is -1.75. The number of aromatic nitrogens is 1. The third-order valence-electron chi connectivity index (χ3n) is 2.77. The van der Waals surface area contributed by atoms with Crippen molar-refractivity contribution in [1.29, 1.82) is 0 Å². The Balaban J connectivity index is 2.07. The summed E-state index contributed by atoms with van der Waals surface area (Å²) in [6.07, 6.45) is 0.655. The lowest BCUT2D eigenvalue weighted by atomic mass is 10.1. The van der Waals surface area contributed by atoms with Crippen LogP contribution in [0.5, 0.6) is 5.75 Å². The summed E-state index contributed by atoms with van der Waals surface area (Å²) < 4.78 is 19.1. The van der Waals surface area contributed by atoms with Crippen LogP contribution in [0, 0.1) is 12.7 Å². The van der Waals surface area contributed by atoms with Crippen LogP contribution in [0.25, 0.3) is 0 Å².